The Morgan fingerprint density at radius 3 is 2.65 bits per heavy atom. The van der Waals surface area contributed by atoms with Gasteiger partial charge in [0.2, 0.25) is 11.8 Å². The molecule has 1 aliphatic heterocycles. The smallest absolute Gasteiger partial charge is 0.338 e. The standard InChI is InChI=1S/C21H17N3O6S/c1-2-29-20(28)12-7-9-13(10-8-12)24-17(26)11-16(19(24)27)31-21-23-22-18(30-21)14-5-3-4-6-15(14)25/h3-10,16,25H,2,11H2,1H3/t16-/m0/s1. The van der Waals surface area contributed by atoms with Crippen LogP contribution in [0.25, 0.3) is 11.5 Å². The Kier molecular flexibility index (Phi) is 5.72. The molecule has 1 N–H and O–H groups in total. The summed E-state index contributed by atoms with van der Waals surface area (Å²) < 4.78 is 10.5. The van der Waals surface area contributed by atoms with Crippen molar-refractivity contribution in [2.75, 3.05) is 11.5 Å². The molecule has 4 rings (SSSR count). The van der Waals surface area contributed by atoms with E-state index in [9.17, 15) is 19.5 Å². The van der Waals surface area contributed by atoms with Crippen molar-refractivity contribution in [2.24, 2.45) is 0 Å². The fraction of sp³-hybridized carbons (Fsp3) is 0.190. The van der Waals surface area contributed by atoms with Gasteiger partial charge in [-0.15, -0.1) is 10.2 Å². The van der Waals surface area contributed by atoms with Crippen LogP contribution < -0.4 is 4.90 Å². The summed E-state index contributed by atoms with van der Waals surface area (Å²) in [5, 5.41) is 17.1. The van der Waals surface area contributed by atoms with Gasteiger partial charge in [0.1, 0.15) is 11.0 Å². The first-order valence-corrected chi connectivity index (χ1v) is 10.3. The van der Waals surface area contributed by atoms with Crippen LogP contribution in [0.3, 0.4) is 0 Å². The normalized spacial score (nSPS) is 16.0. The highest BCUT2D eigenvalue weighted by Gasteiger charge is 2.41. The predicted molar refractivity (Wildman–Crippen MR) is 111 cm³/mol. The number of hydrogen-bond donors (Lipinski definition) is 1. The lowest BCUT2D eigenvalue weighted by molar-refractivity contribution is -0.121. The van der Waals surface area contributed by atoms with Crippen molar-refractivity contribution in [1.29, 1.82) is 0 Å². The number of carbonyl (C=O) groups excluding carboxylic acids is 3. The van der Waals surface area contributed by atoms with Crippen molar-refractivity contribution in [3.05, 3.63) is 54.1 Å². The highest BCUT2D eigenvalue weighted by molar-refractivity contribution is 8.00. The lowest BCUT2D eigenvalue weighted by atomic mass is 10.2. The molecule has 9 nitrogen and oxygen atoms in total. The zero-order valence-electron chi connectivity index (χ0n) is 16.3. The van der Waals surface area contributed by atoms with Crippen molar-refractivity contribution in [2.45, 2.75) is 23.8 Å². The Morgan fingerprint density at radius 2 is 1.94 bits per heavy atom. The van der Waals surface area contributed by atoms with Gasteiger partial charge in [-0.05, 0) is 43.3 Å². The molecule has 1 atom stereocenters. The molecule has 1 saturated heterocycles. The van der Waals surface area contributed by atoms with Crippen LogP contribution in [0.2, 0.25) is 0 Å². The molecule has 31 heavy (non-hydrogen) atoms. The van der Waals surface area contributed by atoms with Gasteiger partial charge < -0.3 is 14.3 Å². The Labute approximate surface area is 181 Å². The minimum absolute atomic E-state index is 0.00717. The molecule has 1 fully saturated rings. The fourth-order valence-electron chi connectivity index (χ4n) is 3.07. The average Bonchev–Trinajstić information content (AvgIpc) is 3.33. The van der Waals surface area contributed by atoms with Gasteiger partial charge in [-0.3, -0.25) is 9.59 Å². The molecule has 1 aromatic heterocycles. The largest absolute Gasteiger partial charge is 0.507 e. The lowest BCUT2D eigenvalue weighted by Gasteiger charge is -2.14. The third-order valence-corrected chi connectivity index (χ3v) is 5.55. The third kappa shape index (κ3) is 4.15. The summed E-state index contributed by atoms with van der Waals surface area (Å²) in [5.74, 6) is -1.15. The first-order chi connectivity index (χ1) is 15.0. The first-order valence-electron chi connectivity index (χ1n) is 9.40. The van der Waals surface area contributed by atoms with Crippen molar-refractivity contribution in [3.63, 3.8) is 0 Å². The van der Waals surface area contributed by atoms with E-state index in [0.29, 0.717) is 16.8 Å². The maximum absolute atomic E-state index is 12.8. The summed E-state index contributed by atoms with van der Waals surface area (Å²) in [6.07, 6.45) is -0.0303. The number of amides is 2. The van der Waals surface area contributed by atoms with Gasteiger partial charge in [0.05, 0.1) is 23.4 Å². The van der Waals surface area contributed by atoms with Crippen LogP contribution in [0.1, 0.15) is 23.7 Å². The van der Waals surface area contributed by atoms with Gasteiger partial charge in [0, 0.05) is 6.42 Å². The van der Waals surface area contributed by atoms with Gasteiger partial charge in [0.25, 0.3) is 11.1 Å². The second-order valence-corrected chi connectivity index (χ2v) is 7.69. The second-order valence-electron chi connectivity index (χ2n) is 6.54. The Morgan fingerprint density at radius 1 is 1.19 bits per heavy atom. The number of rotatable bonds is 6. The number of ether oxygens (including phenoxy) is 1. The molecule has 2 aromatic carbocycles. The number of nitrogens with zero attached hydrogens (tertiary/aromatic N) is 3. The van der Waals surface area contributed by atoms with Crippen molar-refractivity contribution in [1.82, 2.24) is 10.2 Å². The van der Waals surface area contributed by atoms with Crippen molar-refractivity contribution >= 4 is 35.2 Å². The van der Waals surface area contributed by atoms with E-state index in [2.05, 4.69) is 10.2 Å². The van der Waals surface area contributed by atoms with E-state index in [0.717, 1.165) is 16.7 Å². The number of benzene rings is 2. The van der Waals surface area contributed by atoms with Gasteiger partial charge >= 0.3 is 5.97 Å². The van der Waals surface area contributed by atoms with E-state index >= 15 is 0 Å². The van der Waals surface area contributed by atoms with E-state index in [1.54, 1.807) is 25.1 Å². The summed E-state index contributed by atoms with van der Waals surface area (Å²) in [6.45, 7) is 1.96. The van der Waals surface area contributed by atoms with Crippen LogP contribution in [0.5, 0.6) is 5.75 Å². The molecule has 3 aromatic rings. The summed E-state index contributed by atoms with van der Waals surface area (Å²) in [5.41, 5.74) is 1.07. The SMILES string of the molecule is CCOC(=O)c1ccc(N2C(=O)C[C@H](Sc3nnc(-c4ccccc4O)o3)C2=O)cc1. The van der Waals surface area contributed by atoms with Gasteiger partial charge in [-0.25, -0.2) is 9.69 Å². The number of carbonyl (C=O) groups is 3. The van der Waals surface area contributed by atoms with Crippen LogP contribution in [0.15, 0.2) is 58.2 Å². The summed E-state index contributed by atoms with van der Waals surface area (Å²) in [7, 11) is 0. The molecule has 1 aliphatic rings. The molecular weight excluding hydrogens is 422 g/mol. The Hall–Kier alpha value is -3.66. The third-order valence-electron chi connectivity index (χ3n) is 4.53. The zero-order valence-corrected chi connectivity index (χ0v) is 17.2. The quantitative estimate of drug-likeness (QED) is 0.456. The molecule has 0 aliphatic carbocycles. The number of para-hydroxylation sites is 1. The number of thioether (sulfide) groups is 1. The van der Waals surface area contributed by atoms with Crippen LogP contribution in [0.4, 0.5) is 5.69 Å². The molecular formula is C21H17N3O6S. The molecule has 2 amide bonds. The van der Waals surface area contributed by atoms with Gasteiger partial charge in [-0.2, -0.15) is 0 Å². The molecule has 0 bridgehead atoms. The van der Waals surface area contributed by atoms with E-state index in [1.807, 2.05) is 0 Å². The number of esters is 1. The highest BCUT2D eigenvalue weighted by atomic mass is 32.2. The van der Waals surface area contributed by atoms with E-state index in [4.69, 9.17) is 9.15 Å². The minimum Gasteiger partial charge on any atom is -0.507 e. The molecule has 2 heterocycles. The summed E-state index contributed by atoms with van der Waals surface area (Å²) in [4.78, 5) is 38.2. The minimum atomic E-state index is -0.727. The Balaban J connectivity index is 1.48. The molecule has 0 saturated carbocycles. The van der Waals surface area contributed by atoms with E-state index in [1.165, 1.54) is 30.3 Å². The van der Waals surface area contributed by atoms with Gasteiger partial charge in [0.15, 0.2) is 0 Å². The average molecular weight is 439 g/mol. The van der Waals surface area contributed by atoms with E-state index in [-0.39, 0.29) is 35.8 Å². The zero-order chi connectivity index (χ0) is 22.0. The monoisotopic (exact) mass is 439 g/mol. The fourth-order valence-corrected chi connectivity index (χ4v) is 3.96. The lowest BCUT2D eigenvalue weighted by Crippen LogP contribution is -2.31. The maximum Gasteiger partial charge on any atom is 0.338 e. The number of aromatic nitrogens is 2. The van der Waals surface area contributed by atoms with Crippen LogP contribution in [-0.4, -0.2) is 44.9 Å². The van der Waals surface area contributed by atoms with Crippen LogP contribution in [0, 0.1) is 0 Å². The second kappa shape index (κ2) is 8.60. The number of phenolic OH excluding ortho intramolecular Hbond substituents is 1. The molecule has 0 unspecified atom stereocenters. The summed E-state index contributed by atoms with van der Waals surface area (Å²) >= 11 is 0.989. The molecule has 158 valence electrons. The number of imide groups is 1. The van der Waals surface area contributed by atoms with Crippen LogP contribution in [-0.2, 0) is 14.3 Å². The van der Waals surface area contributed by atoms with Crippen molar-refractivity contribution < 1.29 is 28.6 Å². The van der Waals surface area contributed by atoms with Crippen LogP contribution >= 0.6 is 11.8 Å². The molecule has 0 radical (unpaired) electrons. The predicted octanol–water partition coefficient (Wildman–Crippen LogP) is 3.04. The first kappa shape index (κ1) is 20.6. The highest BCUT2D eigenvalue weighted by Crippen LogP contribution is 2.35. The van der Waals surface area contributed by atoms with Crippen molar-refractivity contribution in [3.8, 4) is 17.2 Å². The topological polar surface area (TPSA) is 123 Å². The van der Waals surface area contributed by atoms with Gasteiger partial charge in [-0.1, -0.05) is 23.9 Å². The number of phenols is 1. The number of anilines is 1. The summed E-state index contributed by atoms with van der Waals surface area (Å²) in [6, 6.07) is 12.6. The maximum atomic E-state index is 12.8. The number of aromatic hydroxyl groups is 1. The number of hydrogen-bond acceptors (Lipinski definition) is 9. The van der Waals surface area contributed by atoms with E-state index < -0.39 is 17.1 Å². The molecule has 10 heteroatoms. The molecule has 0 spiro atoms. The Bertz CT molecular complexity index is 1140.